The highest BCUT2D eigenvalue weighted by Gasteiger charge is 2.28. The van der Waals surface area contributed by atoms with Crippen LogP contribution in [0.2, 0.25) is 0 Å². The largest absolute Gasteiger partial charge is 0.444 e. The Balaban J connectivity index is 1.85. The molecule has 1 aromatic rings. The van der Waals surface area contributed by atoms with Crippen molar-refractivity contribution < 1.29 is 19.2 Å². The molecule has 0 atom stereocenters. The number of benzene rings is 1. The molecule has 0 spiro atoms. The fraction of sp³-hybridized carbons (Fsp3) is 0.556. The molecule has 1 aliphatic rings. The first-order valence-corrected chi connectivity index (χ1v) is 8.89. The first-order chi connectivity index (χ1) is 12.5. The highest BCUT2D eigenvalue weighted by Crippen LogP contribution is 2.28. The molecule has 27 heavy (non-hydrogen) atoms. The number of rotatable bonds is 4. The van der Waals surface area contributed by atoms with Crippen LogP contribution in [0.15, 0.2) is 18.2 Å². The number of nitrogens with zero attached hydrogens (tertiary/aromatic N) is 1. The lowest BCUT2D eigenvalue weighted by Gasteiger charge is -2.29. The fourth-order valence-electron chi connectivity index (χ4n) is 2.99. The van der Waals surface area contributed by atoms with E-state index >= 15 is 0 Å². The first-order valence-electron chi connectivity index (χ1n) is 8.89. The van der Waals surface area contributed by atoms with Crippen LogP contribution in [0.5, 0.6) is 0 Å². The maximum atomic E-state index is 12.4. The number of nitrogens with one attached hydrogen (secondary N) is 2. The number of nitrogen functional groups attached to an aromatic ring is 1. The minimum Gasteiger partial charge on any atom is -0.444 e. The fourth-order valence-corrected chi connectivity index (χ4v) is 2.99. The number of carbonyl (C=O) groups is 2. The second kappa shape index (κ2) is 8.24. The van der Waals surface area contributed by atoms with Gasteiger partial charge in [-0.2, -0.15) is 0 Å². The Morgan fingerprint density at radius 3 is 2.37 bits per heavy atom. The summed E-state index contributed by atoms with van der Waals surface area (Å²) in [5, 5.41) is 16.3. The molecule has 0 bridgehead atoms. The number of hydrogen-bond donors (Lipinski definition) is 3. The Labute approximate surface area is 157 Å². The van der Waals surface area contributed by atoms with E-state index < -0.39 is 16.6 Å². The molecule has 4 N–H and O–H groups in total. The van der Waals surface area contributed by atoms with E-state index in [9.17, 15) is 19.7 Å². The van der Waals surface area contributed by atoms with Gasteiger partial charge in [-0.3, -0.25) is 14.9 Å². The van der Waals surface area contributed by atoms with Crippen LogP contribution in [0.1, 0.15) is 46.5 Å². The van der Waals surface area contributed by atoms with Gasteiger partial charge in [0.15, 0.2) is 0 Å². The molecule has 2 rings (SSSR count). The molecule has 0 heterocycles. The van der Waals surface area contributed by atoms with Crippen molar-refractivity contribution >= 4 is 29.1 Å². The van der Waals surface area contributed by atoms with Gasteiger partial charge < -0.3 is 21.1 Å². The summed E-state index contributed by atoms with van der Waals surface area (Å²) in [6, 6.07) is 3.93. The average molecular weight is 378 g/mol. The molecule has 0 unspecified atom stereocenters. The van der Waals surface area contributed by atoms with Crippen LogP contribution in [0.4, 0.5) is 21.9 Å². The molecule has 1 saturated carbocycles. The van der Waals surface area contributed by atoms with Crippen molar-refractivity contribution in [3.63, 3.8) is 0 Å². The van der Waals surface area contributed by atoms with Gasteiger partial charge in [-0.15, -0.1) is 0 Å². The predicted molar refractivity (Wildman–Crippen MR) is 101 cm³/mol. The van der Waals surface area contributed by atoms with Crippen LogP contribution in [0.25, 0.3) is 0 Å². The van der Waals surface area contributed by atoms with E-state index in [1.807, 2.05) is 0 Å². The van der Waals surface area contributed by atoms with E-state index in [0.29, 0.717) is 31.4 Å². The van der Waals surface area contributed by atoms with Crippen LogP contribution in [-0.2, 0) is 9.53 Å². The van der Waals surface area contributed by atoms with Gasteiger partial charge in [-0.25, -0.2) is 4.79 Å². The molecule has 1 aromatic carbocycles. The van der Waals surface area contributed by atoms with Gasteiger partial charge in [0, 0.05) is 24.1 Å². The molecule has 9 heteroatoms. The Kier molecular flexibility index (Phi) is 6.24. The van der Waals surface area contributed by atoms with Crippen molar-refractivity contribution in [2.45, 2.75) is 58.1 Å². The van der Waals surface area contributed by atoms with Gasteiger partial charge in [0.2, 0.25) is 5.91 Å². The van der Waals surface area contributed by atoms with E-state index in [-0.39, 0.29) is 29.2 Å². The Hall–Kier alpha value is -2.84. The van der Waals surface area contributed by atoms with Gasteiger partial charge in [-0.05, 0) is 52.5 Å². The summed E-state index contributed by atoms with van der Waals surface area (Å²) >= 11 is 0. The number of nitro benzene ring substituents is 1. The quantitative estimate of drug-likeness (QED) is 0.418. The molecular formula is C18H26N4O5. The molecule has 0 aliphatic heterocycles. The van der Waals surface area contributed by atoms with Crippen molar-refractivity contribution in [1.29, 1.82) is 0 Å². The third-order valence-electron chi connectivity index (χ3n) is 4.32. The number of carbonyl (C=O) groups excluding carboxylic acids is 2. The summed E-state index contributed by atoms with van der Waals surface area (Å²) in [6.07, 6.45) is 2.15. The van der Waals surface area contributed by atoms with E-state index in [0.717, 1.165) is 0 Å². The maximum Gasteiger partial charge on any atom is 0.407 e. The second-order valence-electron chi connectivity index (χ2n) is 7.71. The third-order valence-corrected chi connectivity index (χ3v) is 4.32. The zero-order chi connectivity index (χ0) is 20.2. The van der Waals surface area contributed by atoms with Crippen molar-refractivity contribution in [1.82, 2.24) is 5.32 Å². The number of anilines is 2. The lowest BCUT2D eigenvalue weighted by atomic mass is 9.85. The molecule has 0 radical (unpaired) electrons. The molecule has 1 aliphatic carbocycles. The van der Waals surface area contributed by atoms with Crippen molar-refractivity contribution in [3.8, 4) is 0 Å². The van der Waals surface area contributed by atoms with Crippen LogP contribution >= 0.6 is 0 Å². The van der Waals surface area contributed by atoms with Crippen LogP contribution in [-0.4, -0.2) is 28.6 Å². The Morgan fingerprint density at radius 2 is 1.85 bits per heavy atom. The Morgan fingerprint density at radius 1 is 1.22 bits per heavy atom. The SMILES string of the molecule is CC(C)(C)OC(=O)NC1CCC(C(=O)Nc2ccc([N+](=O)[O-])cc2N)CC1. The van der Waals surface area contributed by atoms with Crippen molar-refractivity contribution in [2.24, 2.45) is 5.92 Å². The zero-order valence-electron chi connectivity index (χ0n) is 15.8. The number of nitrogens with two attached hydrogens (primary N) is 1. The minimum absolute atomic E-state index is 0.0201. The molecule has 1 fully saturated rings. The van der Waals surface area contributed by atoms with Gasteiger partial charge in [-0.1, -0.05) is 0 Å². The van der Waals surface area contributed by atoms with E-state index in [2.05, 4.69) is 10.6 Å². The number of alkyl carbamates (subject to hydrolysis) is 1. The molecule has 0 aromatic heterocycles. The minimum atomic E-state index is -0.550. The second-order valence-corrected chi connectivity index (χ2v) is 7.71. The van der Waals surface area contributed by atoms with E-state index in [1.165, 1.54) is 18.2 Å². The summed E-state index contributed by atoms with van der Waals surface area (Å²) in [6.45, 7) is 5.41. The summed E-state index contributed by atoms with van der Waals surface area (Å²) in [7, 11) is 0. The van der Waals surface area contributed by atoms with E-state index in [1.54, 1.807) is 20.8 Å². The number of nitro groups is 1. The lowest BCUT2D eigenvalue weighted by molar-refractivity contribution is -0.384. The number of hydrogen-bond acceptors (Lipinski definition) is 6. The van der Waals surface area contributed by atoms with Gasteiger partial charge in [0.05, 0.1) is 16.3 Å². The standard InChI is InChI=1S/C18H26N4O5/c1-18(2,3)27-17(24)20-12-6-4-11(5-7-12)16(23)21-15-9-8-13(22(25)26)10-14(15)19/h8-12H,4-7,19H2,1-3H3,(H,20,24)(H,21,23). The topological polar surface area (TPSA) is 137 Å². The molecule has 9 nitrogen and oxygen atoms in total. The smallest absolute Gasteiger partial charge is 0.407 e. The summed E-state index contributed by atoms with van der Waals surface area (Å²) < 4.78 is 5.24. The third kappa shape index (κ3) is 6.12. The molecule has 2 amide bonds. The van der Waals surface area contributed by atoms with Crippen LogP contribution in [0, 0.1) is 16.0 Å². The Bertz CT molecular complexity index is 721. The summed E-state index contributed by atoms with van der Waals surface area (Å²) in [4.78, 5) is 34.5. The average Bonchev–Trinajstić information content (AvgIpc) is 2.55. The van der Waals surface area contributed by atoms with Crippen LogP contribution in [0.3, 0.4) is 0 Å². The highest BCUT2D eigenvalue weighted by atomic mass is 16.6. The maximum absolute atomic E-state index is 12.4. The van der Waals surface area contributed by atoms with Crippen molar-refractivity contribution in [3.05, 3.63) is 28.3 Å². The molecule has 0 saturated heterocycles. The van der Waals surface area contributed by atoms with Gasteiger partial charge in [0.1, 0.15) is 5.60 Å². The van der Waals surface area contributed by atoms with Gasteiger partial charge in [0.25, 0.3) is 5.69 Å². The monoisotopic (exact) mass is 378 g/mol. The normalized spacial score (nSPS) is 19.8. The van der Waals surface area contributed by atoms with Crippen molar-refractivity contribution in [2.75, 3.05) is 11.1 Å². The van der Waals surface area contributed by atoms with Gasteiger partial charge >= 0.3 is 6.09 Å². The number of non-ortho nitro benzene ring substituents is 1. The van der Waals surface area contributed by atoms with Crippen LogP contribution < -0.4 is 16.4 Å². The number of amides is 2. The zero-order valence-corrected chi connectivity index (χ0v) is 15.8. The lowest BCUT2D eigenvalue weighted by Crippen LogP contribution is -2.42. The number of ether oxygens (including phenoxy) is 1. The predicted octanol–water partition coefficient (Wildman–Crippen LogP) is 3.20. The molecular weight excluding hydrogens is 352 g/mol. The van der Waals surface area contributed by atoms with E-state index in [4.69, 9.17) is 10.5 Å². The summed E-state index contributed by atoms with van der Waals surface area (Å²) in [5.74, 6) is -0.373. The molecule has 148 valence electrons. The highest BCUT2D eigenvalue weighted by molar-refractivity contribution is 5.95. The first kappa shape index (κ1) is 20.5. The summed E-state index contributed by atoms with van der Waals surface area (Å²) in [5.41, 5.74) is 5.62.